The van der Waals surface area contributed by atoms with Crippen LogP contribution in [0.2, 0.25) is 0 Å². The van der Waals surface area contributed by atoms with Crippen LogP contribution in [0.5, 0.6) is 0 Å². The maximum atomic E-state index is 14.1. The number of anilines is 1. The van der Waals surface area contributed by atoms with Gasteiger partial charge in [-0.1, -0.05) is 0 Å². The third kappa shape index (κ3) is 1.75. The van der Waals surface area contributed by atoms with Crippen LogP contribution in [-0.2, 0) is 10.3 Å². The van der Waals surface area contributed by atoms with Gasteiger partial charge in [0.25, 0.3) is 0 Å². The topological polar surface area (TPSA) is 73.6 Å². The number of hydrogen-bond donors (Lipinski definition) is 2. The van der Waals surface area contributed by atoms with Gasteiger partial charge in [0.15, 0.2) is 0 Å². The molecule has 3 rings (SSSR count). The standard InChI is InChI=1S/C13H16FN3O/c14-11-4-3-9(15)5-10(11)13(8-1-2-8)7-18-6-12(16)17-13/h3-5,8H,1-2,6-7,15H2,(H2,16,17). The second kappa shape index (κ2) is 3.95. The molecule has 5 heteroatoms. The van der Waals surface area contributed by atoms with Gasteiger partial charge in [0.05, 0.1) is 6.61 Å². The second-order valence-electron chi connectivity index (χ2n) is 5.03. The van der Waals surface area contributed by atoms with Crippen molar-refractivity contribution in [1.82, 2.24) is 0 Å². The molecule has 1 aromatic rings. The van der Waals surface area contributed by atoms with E-state index in [2.05, 4.69) is 4.99 Å². The molecule has 18 heavy (non-hydrogen) atoms. The van der Waals surface area contributed by atoms with Gasteiger partial charge in [-0.2, -0.15) is 0 Å². The summed E-state index contributed by atoms with van der Waals surface area (Å²) >= 11 is 0. The molecular weight excluding hydrogens is 233 g/mol. The molecule has 0 amide bonds. The first-order chi connectivity index (χ1) is 8.62. The third-order valence-electron chi connectivity index (χ3n) is 3.62. The van der Waals surface area contributed by atoms with Crippen molar-refractivity contribution in [2.45, 2.75) is 18.4 Å². The number of benzene rings is 1. The first-order valence-corrected chi connectivity index (χ1v) is 6.09. The fraction of sp³-hybridized carbons (Fsp3) is 0.462. The highest BCUT2D eigenvalue weighted by Crippen LogP contribution is 2.50. The number of hydrogen-bond acceptors (Lipinski definition) is 4. The van der Waals surface area contributed by atoms with E-state index in [1.807, 2.05) is 0 Å². The Bertz CT molecular complexity index is 513. The van der Waals surface area contributed by atoms with Gasteiger partial charge in [0.2, 0.25) is 0 Å². The zero-order valence-electron chi connectivity index (χ0n) is 10.0. The number of nitrogens with two attached hydrogens (primary N) is 2. The minimum Gasteiger partial charge on any atom is -0.399 e. The van der Waals surface area contributed by atoms with Gasteiger partial charge in [0, 0.05) is 11.3 Å². The van der Waals surface area contributed by atoms with Crippen molar-refractivity contribution >= 4 is 11.5 Å². The van der Waals surface area contributed by atoms with Crippen LogP contribution in [0.1, 0.15) is 18.4 Å². The van der Waals surface area contributed by atoms with Crippen molar-refractivity contribution in [2.75, 3.05) is 18.9 Å². The normalized spacial score (nSPS) is 27.9. The van der Waals surface area contributed by atoms with Crippen LogP contribution >= 0.6 is 0 Å². The van der Waals surface area contributed by atoms with Gasteiger partial charge in [-0.05, 0) is 37.0 Å². The molecule has 1 unspecified atom stereocenters. The van der Waals surface area contributed by atoms with Crippen LogP contribution in [-0.4, -0.2) is 19.0 Å². The average molecular weight is 249 g/mol. The zero-order valence-corrected chi connectivity index (χ0v) is 10.0. The summed E-state index contributed by atoms with van der Waals surface area (Å²) in [6.45, 7) is 0.692. The third-order valence-corrected chi connectivity index (χ3v) is 3.62. The van der Waals surface area contributed by atoms with Crippen molar-refractivity contribution in [1.29, 1.82) is 0 Å². The predicted octanol–water partition coefficient (Wildman–Crippen LogP) is 1.40. The summed E-state index contributed by atoms with van der Waals surface area (Å²) in [6.07, 6.45) is 2.04. The fourth-order valence-electron chi connectivity index (χ4n) is 2.63. The van der Waals surface area contributed by atoms with Crippen LogP contribution in [0.25, 0.3) is 0 Å². The lowest BCUT2D eigenvalue weighted by Crippen LogP contribution is -2.42. The van der Waals surface area contributed by atoms with Crippen molar-refractivity contribution in [3.63, 3.8) is 0 Å². The number of ether oxygens (including phenoxy) is 1. The minimum absolute atomic E-state index is 0.293. The van der Waals surface area contributed by atoms with Gasteiger partial charge in [-0.15, -0.1) is 0 Å². The zero-order chi connectivity index (χ0) is 12.8. The summed E-state index contributed by atoms with van der Waals surface area (Å²) in [5.41, 5.74) is 11.9. The number of amidine groups is 1. The summed E-state index contributed by atoms with van der Waals surface area (Å²) in [5, 5.41) is 0. The molecule has 2 aliphatic rings. The summed E-state index contributed by atoms with van der Waals surface area (Å²) in [6, 6.07) is 4.59. The summed E-state index contributed by atoms with van der Waals surface area (Å²) in [4.78, 5) is 4.52. The molecule has 1 fully saturated rings. The Balaban J connectivity index is 2.14. The minimum atomic E-state index is -0.679. The van der Waals surface area contributed by atoms with Crippen LogP contribution < -0.4 is 11.5 Å². The highest BCUT2D eigenvalue weighted by Gasteiger charge is 2.49. The first kappa shape index (κ1) is 11.5. The number of halogens is 1. The maximum Gasteiger partial charge on any atom is 0.129 e. The van der Waals surface area contributed by atoms with Gasteiger partial charge >= 0.3 is 0 Å². The van der Waals surface area contributed by atoms with Crippen LogP contribution in [0.15, 0.2) is 23.2 Å². The van der Waals surface area contributed by atoms with Gasteiger partial charge in [0.1, 0.15) is 23.8 Å². The molecule has 0 spiro atoms. The van der Waals surface area contributed by atoms with Gasteiger partial charge < -0.3 is 16.2 Å². The number of nitrogens with zero attached hydrogens (tertiary/aromatic N) is 1. The Morgan fingerprint density at radius 2 is 2.11 bits per heavy atom. The van der Waals surface area contributed by atoms with Crippen molar-refractivity contribution in [3.8, 4) is 0 Å². The van der Waals surface area contributed by atoms with E-state index in [0.717, 1.165) is 12.8 Å². The van der Waals surface area contributed by atoms with Crippen molar-refractivity contribution < 1.29 is 9.13 Å². The summed E-state index contributed by atoms with van der Waals surface area (Å²) < 4.78 is 19.6. The van der Waals surface area contributed by atoms with Gasteiger partial charge in [-0.3, -0.25) is 4.99 Å². The van der Waals surface area contributed by atoms with E-state index in [1.165, 1.54) is 6.07 Å². The van der Waals surface area contributed by atoms with E-state index in [-0.39, 0.29) is 5.82 Å². The Morgan fingerprint density at radius 3 is 2.78 bits per heavy atom. The van der Waals surface area contributed by atoms with E-state index in [1.54, 1.807) is 12.1 Å². The van der Waals surface area contributed by atoms with Crippen LogP contribution in [0.4, 0.5) is 10.1 Å². The van der Waals surface area contributed by atoms with Crippen molar-refractivity contribution in [2.24, 2.45) is 16.6 Å². The van der Waals surface area contributed by atoms with E-state index < -0.39 is 5.54 Å². The molecule has 1 atom stereocenters. The molecule has 4 N–H and O–H groups in total. The van der Waals surface area contributed by atoms with E-state index in [4.69, 9.17) is 16.2 Å². The fourth-order valence-corrected chi connectivity index (χ4v) is 2.63. The lowest BCUT2D eigenvalue weighted by atomic mass is 9.85. The van der Waals surface area contributed by atoms with E-state index in [0.29, 0.717) is 36.2 Å². The molecule has 4 nitrogen and oxygen atoms in total. The Morgan fingerprint density at radius 1 is 1.33 bits per heavy atom. The van der Waals surface area contributed by atoms with E-state index >= 15 is 0 Å². The Labute approximate surface area is 105 Å². The van der Waals surface area contributed by atoms with Crippen LogP contribution in [0, 0.1) is 11.7 Å². The smallest absolute Gasteiger partial charge is 0.129 e. The van der Waals surface area contributed by atoms with Gasteiger partial charge in [-0.25, -0.2) is 4.39 Å². The molecule has 96 valence electrons. The number of nitrogen functional groups attached to an aromatic ring is 1. The SMILES string of the molecule is NC1=NC(c2cc(N)ccc2F)(C2CC2)COC1. The molecule has 1 heterocycles. The molecule has 1 saturated carbocycles. The van der Waals surface area contributed by atoms with Crippen LogP contribution in [0.3, 0.4) is 0 Å². The van der Waals surface area contributed by atoms with Crippen molar-refractivity contribution in [3.05, 3.63) is 29.6 Å². The number of rotatable bonds is 2. The largest absolute Gasteiger partial charge is 0.399 e. The Hall–Kier alpha value is -1.62. The lowest BCUT2D eigenvalue weighted by Gasteiger charge is -2.34. The molecule has 0 saturated heterocycles. The maximum absolute atomic E-state index is 14.1. The molecule has 1 aliphatic carbocycles. The Kier molecular flexibility index (Phi) is 2.52. The predicted molar refractivity (Wildman–Crippen MR) is 67.7 cm³/mol. The highest BCUT2D eigenvalue weighted by atomic mass is 19.1. The first-order valence-electron chi connectivity index (χ1n) is 6.09. The molecule has 1 aliphatic heterocycles. The molecule has 0 aromatic heterocycles. The quantitative estimate of drug-likeness (QED) is 0.778. The molecule has 1 aromatic carbocycles. The highest BCUT2D eigenvalue weighted by molar-refractivity contribution is 5.82. The number of aliphatic imine (C=N–C) groups is 1. The summed E-state index contributed by atoms with van der Waals surface area (Å²) in [7, 11) is 0. The molecule has 0 bridgehead atoms. The average Bonchev–Trinajstić information content (AvgIpc) is 3.16. The van der Waals surface area contributed by atoms with E-state index in [9.17, 15) is 4.39 Å². The lowest BCUT2D eigenvalue weighted by molar-refractivity contribution is 0.0841. The summed E-state index contributed by atoms with van der Waals surface area (Å²) in [5.74, 6) is 0.431. The molecule has 0 radical (unpaired) electrons. The second-order valence-corrected chi connectivity index (χ2v) is 5.03. The molecular formula is C13H16FN3O. The monoisotopic (exact) mass is 249 g/mol.